The van der Waals surface area contributed by atoms with Crippen LogP contribution < -0.4 is 5.32 Å². The van der Waals surface area contributed by atoms with Crippen molar-refractivity contribution in [3.05, 3.63) is 23.0 Å². The largest absolute Gasteiger partial charge is 0.381 e. The number of anilines is 1. The molecule has 0 aliphatic heterocycles. The molecule has 2 unspecified atom stereocenters. The molecular weight excluding hydrogens is 254 g/mol. The zero-order valence-corrected chi connectivity index (χ0v) is 12.7. The molecule has 1 aromatic rings. The van der Waals surface area contributed by atoms with Crippen molar-refractivity contribution in [3.8, 4) is 6.07 Å². The van der Waals surface area contributed by atoms with E-state index in [0.29, 0.717) is 11.6 Å². The van der Waals surface area contributed by atoms with E-state index in [1.807, 2.05) is 31.7 Å². The Morgan fingerprint density at radius 1 is 1.42 bits per heavy atom. The second-order valence-corrected chi connectivity index (χ2v) is 6.39. The number of aryl methyl sites for hydroxylation is 2. The van der Waals surface area contributed by atoms with Crippen LogP contribution in [0.25, 0.3) is 0 Å². The van der Waals surface area contributed by atoms with E-state index < -0.39 is 0 Å². The fraction of sp³-hybridized carbons (Fsp3) is 0.600. The summed E-state index contributed by atoms with van der Waals surface area (Å²) in [6.45, 7) is 3.88. The minimum atomic E-state index is 0.486. The van der Waals surface area contributed by atoms with Gasteiger partial charge in [0.1, 0.15) is 6.07 Å². The van der Waals surface area contributed by atoms with Gasteiger partial charge in [-0.15, -0.1) is 0 Å². The Morgan fingerprint density at radius 3 is 2.89 bits per heavy atom. The van der Waals surface area contributed by atoms with Crippen LogP contribution in [0.1, 0.15) is 42.6 Å². The molecule has 1 aliphatic rings. The third-order valence-corrected chi connectivity index (χ3v) is 4.85. The topological polar surface area (TPSA) is 48.7 Å². The SMILES string of the molecule is CSC1CCCC(Nc2cc(C)nc(C)c2C#N)C1. The van der Waals surface area contributed by atoms with Crippen molar-refractivity contribution in [2.75, 3.05) is 11.6 Å². The molecule has 0 amide bonds. The quantitative estimate of drug-likeness (QED) is 0.914. The first-order chi connectivity index (χ1) is 9.13. The van der Waals surface area contributed by atoms with Crippen LogP contribution in [0, 0.1) is 25.2 Å². The number of pyridine rings is 1. The third-order valence-electron chi connectivity index (χ3n) is 3.76. The van der Waals surface area contributed by atoms with Crippen LogP contribution in [0.5, 0.6) is 0 Å². The lowest BCUT2D eigenvalue weighted by Crippen LogP contribution is -2.29. The summed E-state index contributed by atoms with van der Waals surface area (Å²) in [5.41, 5.74) is 3.44. The van der Waals surface area contributed by atoms with Gasteiger partial charge < -0.3 is 5.32 Å². The minimum Gasteiger partial charge on any atom is -0.381 e. The third kappa shape index (κ3) is 3.42. The molecule has 0 bridgehead atoms. The number of nitrogens with one attached hydrogen (secondary N) is 1. The summed E-state index contributed by atoms with van der Waals surface area (Å²) in [6.07, 6.45) is 7.16. The Kier molecular flexibility index (Phi) is 4.71. The highest BCUT2D eigenvalue weighted by Crippen LogP contribution is 2.30. The lowest BCUT2D eigenvalue weighted by Gasteiger charge is -2.29. The summed E-state index contributed by atoms with van der Waals surface area (Å²) in [6, 6.07) is 4.76. The number of rotatable bonds is 3. The van der Waals surface area contributed by atoms with E-state index in [0.717, 1.165) is 22.3 Å². The number of nitriles is 1. The molecule has 1 N–H and O–H groups in total. The molecule has 1 aliphatic carbocycles. The standard InChI is InChI=1S/C15H21N3S/c1-10-7-15(14(9-16)11(2)17-10)18-12-5-4-6-13(8-12)19-3/h7,12-13H,4-6,8H2,1-3H3,(H,17,18). The predicted molar refractivity (Wildman–Crippen MR) is 81.6 cm³/mol. The van der Waals surface area contributed by atoms with Crippen LogP contribution >= 0.6 is 11.8 Å². The van der Waals surface area contributed by atoms with Crippen LogP contribution in [0.2, 0.25) is 0 Å². The Morgan fingerprint density at radius 2 is 2.21 bits per heavy atom. The Hall–Kier alpha value is -1.21. The van der Waals surface area contributed by atoms with Gasteiger partial charge in [-0.05, 0) is 45.4 Å². The van der Waals surface area contributed by atoms with E-state index in [1.165, 1.54) is 25.7 Å². The zero-order valence-electron chi connectivity index (χ0n) is 11.9. The van der Waals surface area contributed by atoms with Gasteiger partial charge >= 0.3 is 0 Å². The molecule has 0 saturated heterocycles. The van der Waals surface area contributed by atoms with Crippen LogP contribution in [0.15, 0.2) is 6.07 Å². The number of nitrogens with zero attached hydrogens (tertiary/aromatic N) is 2. The maximum absolute atomic E-state index is 9.28. The Labute approximate surface area is 119 Å². The summed E-state index contributed by atoms with van der Waals surface area (Å²) in [5.74, 6) is 0. The van der Waals surface area contributed by atoms with E-state index in [2.05, 4.69) is 22.6 Å². The average Bonchev–Trinajstić information content (AvgIpc) is 2.38. The molecule has 3 nitrogen and oxygen atoms in total. The van der Waals surface area contributed by atoms with Crippen molar-refractivity contribution in [2.45, 2.75) is 50.8 Å². The fourth-order valence-electron chi connectivity index (χ4n) is 2.79. The second kappa shape index (κ2) is 6.29. The number of hydrogen-bond acceptors (Lipinski definition) is 4. The molecular formula is C15H21N3S. The van der Waals surface area contributed by atoms with E-state index in [9.17, 15) is 5.26 Å². The highest BCUT2D eigenvalue weighted by molar-refractivity contribution is 7.99. The smallest absolute Gasteiger partial charge is 0.103 e. The van der Waals surface area contributed by atoms with Crippen molar-refractivity contribution in [1.82, 2.24) is 4.98 Å². The van der Waals surface area contributed by atoms with Gasteiger partial charge in [0.2, 0.25) is 0 Å². The van der Waals surface area contributed by atoms with Crippen molar-refractivity contribution in [2.24, 2.45) is 0 Å². The lowest BCUT2D eigenvalue weighted by atomic mass is 9.94. The first-order valence-electron chi connectivity index (χ1n) is 6.81. The zero-order chi connectivity index (χ0) is 13.8. The van der Waals surface area contributed by atoms with E-state index in [1.54, 1.807) is 0 Å². The average molecular weight is 275 g/mol. The van der Waals surface area contributed by atoms with E-state index in [4.69, 9.17) is 0 Å². The van der Waals surface area contributed by atoms with Crippen molar-refractivity contribution in [3.63, 3.8) is 0 Å². The molecule has 2 rings (SSSR count). The van der Waals surface area contributed by atoms with Crippen LogP contribution in [-0.2, 0) is 0 Å². The highest BCUT2D eigenvalue weighted by atomic mass is 32.2. The van der Waals surface area contributed by atoms with Gasteiger partial charge in [0.05, 0.1) is 16.9 Å². The summed E-state index contributed by atoms with van der Waals surface area (Å²) in [7, 11) is 0. The van der Waals surface area contributed by atoms with Gasteiger partial charge in [-0.2, -0.15) is 17.0 Å². The van der Waals surface area contributed by atoms with Crippen LogP contribution in [0.3, 0.4) is 0 Å². The molecule has 1 saturated carbocycles. The summed E-state index contributed by atoms with van der Waals surface area (Å²) >= 11 is 1.96. The van der Waals surface area contributed by atoms with E-state index >= 15 is 0 Å². The monoisotopic (exact) mass is 275 g/mol. The molecule has 1 aromatic heterocycles. The Balaban J connectivity index is 2.17. The molecule has 1 heterocycles. The first-order valence-corrected chi connectivity index (χ1v) is 8.10. The minimum absolute atomic E-state index is 0.486. The molecule has 0 aromatic carbocycles. The fourth-order valence-corrected chi connectivity index (χ4v) is 3.62. The van der Waals surface area contributed by atoms with Crippen molar-refractivity contribution in [1.29, 1.82) is 5.26 Å². The van der Waals surface area contributed by atoms with Crippen LogP contribution in [-0.4, -0.2) is 22.5 Å². The number of aromatic nitrogens is 1. The molecule has 0 radical (unpaired) electrons. The van der Waals surface area contributed by atoms with Gasteiger partial charge in [0.15, 0.2) is 0 Å². The number of thioether (sulfide) groups is 1. The molecule has 2 atom stereocenters. The lowest BCUT2D eigenvalue weighted by molar-refractivity contribution is 0.473. The Bertz CT molecular complexity index is 493. The highest BCUT2D eigenvalue weighted by Gasteiger charge is 2.22. The van der Waals surface area contributed by atoms with Gasteiger partial charge in [0, 0.05) is 17.0 Å². The second-order valence-electron chi connectivity index (χ2n) is 5.25. The van der Waals surface area contributed by atoms with Crippen LogP contribution in [0.4, 0.5) is 5.69 Å². The molecule has 19 heavy (non-hydrogen) atoms. The normalized spacial score (nSPS) is 22.8. The van der Waals surface area contributed by atoms with Gasteiger partial charge in [-0.3, -0.25) is 4.98 Å². The van der Waals surface area contributed by atoms with Crippen molar-refractivity contribution < 1.29 is 0 Å². The summed E-state index contributed by atoms with van der Waals surface area (Å²) in [4.78, 5) is 4.36. The first kappa shape index (κ1) is 14.2. The number of hydrogen-bond donors (Lipinski definition) is 1. The van der Waals surface area contributed by atoms with Gasteiger partial charge in [0.25, 0.3) is 0 Å². The summed E-state index contributed by atoms with van der Waals surface area (Å²) in [5, 5.41) is 13.6. The molecule has 1 fully saturated rings. The predicted octanol–water partition coefficient (Wildman–Crippen LogP) is 3.66. The van der Waals surface area contributed by atoms with Gasteiger partial charge in [-0.1, -0.05) is 6.42 Å². The van der Waals surface area contributed by atoms with E-state index in [-0.39, 0.29) is 0 Å². The maximum atomic E-state index is 9.28. The maximum Gasteiger partial charge on any atom is 0.103 e. The molecule has 4 heteroatoms. The summed E-state index contributed by atoms with van der Waals surface area (Å²) < 4.78 is 0. The molecule has 0 spiro atoms. The van der Waals surface area contributed by atoms with Crippen molar-refractivity contribution >= 4 is 17.4 Å². The van der Waals surface area contributed by atoms with Gasteiger partial charge in [-0.25, -0.2) is 0 Å². The molecule has 102 valence electrons.